The van der Waals surface area contributed by atoms with Gasteiger partial charge in [-0.05, 0) is 37.0 Å². The van der Waals surface area contributed by atoms with E-state index >= 15 is 0 Å². The first-order valence-electron chi connectivity index (χ1n) is 7.79. The Balaban J connectivity index is 2.10. The van der Waals surface area contributed by atoms with Gasteiger partial charge in [0.2, 0.25) is 10.0 Å². The fourth-order valence-corrected chi connectivity index (χ4v) is 3.76. The Hall–Kier alpha value is -1.40. The van der Waals surface area contributed by atoms with Gasteiger partial charge >= 0.3 is 0 Å². The Morgan fingerprint density at radius 2 is 1.95 bits per heavy atom. The SMILES string of the molecule is CC(C)CNS(=O)(=O)c1cccc(C(=O)NC2CCCC2)c1. The lowest BCUT2D eigenvalue weighted by atomic mass is 10.2. The average molecular weight is 324 g/mol. The highest BCUT2D eigenvalue weighted by molar-refractivity contribution is 7.89. The van der Waals surface area contributed by atoms with Crippen molar-refractivity contribution in [3.8, 4) is 0 Å². The molecule has 1 fully saturated rings. The lowest BCUT2D eigenvalue weighted by Crippen LogP contribution is -2.33. The quantitative estimate of drug-likeness (QED) is 0.843. The highest BCUT2D eigenvalue weighted by atomic mass is 32.2. The van der Waals surface area contributed by atoms with Crippen molar-refractivity contribution in [2.75, 3.05) is 6.54 Å². The van der Waals surface area contributed by atoms with Crippen molar-refractivity contribution in [1.82, 2.24) is 10.0 Å². The Labute approximate surface area is 132 Å². The van der Waals surface area contributed by atoms with Crippen molar-refractivity contribution in [3.05, 3.63) is 29.8 Å². The molecule has 0 unspecified atom stereocenters. The molecule has 2 rings (SSSR count). The predicted octanol–water partition coefficient (Wildman–Crippen LogP) is 2.29. The average Bonchev–Trinajstić information content (AvgIpc) is 2.98. The lowest BCUT2D eigenvalue weighted by molar-refractivity contribution is 0.0937. The molecular formula is C16H24N2O3S. The topological polar surface area (TPSA) is 75.3 Å². The maximum Gasteiger partial charge on any atom is 0.251 e. The first-order valence-corrected chi connectivity index (χ1v) is 9.27. The van der Waals surface area contributed by atoms with Gasteiger partial charge in [0.1, 0.15) is 0 Å². The summed E-state index contributed by atoms with van der Waals surface area (Å²) in [5, 5.41) is 2.97. The van der Waals surface area contributed by atoms with Crippen LogP contribution in [-0.4, -0.2) is 26.9 Å². The molecule has 0 saturated heterocycles. The van der Waals surface area contributed by atoms with Gasteiger partial charge < -0.3 is 5.32 Å². The molecule has 1 saturated carbocycles. The summed E-state index contributed by atoms with van der Waals surface area (Å²) in [4.78, 5) is 12.4. The summed E-state index contributed by atoms with van der Waals surface area (Å²) >= 11 is 0. The summed E-state index contributed by atoms with van der Waals surface area (Å²) in [6.45, 7) is 4.25. The smallest absolute Gasteiger partial charge is 0.251 e. The largest absolute Gasteiger partial charge is 0.349 e. The number of carbonyl (C=O) groups is 1. The third-order valence-electron chi connectivity index (χ3n) is 3.78. The molecule has 1 aromatic rings. The molecule has 0 heterocycles. The van der Waals surface area contributed by atoms with Crippen molar-refractivity contribution in [3.63, 3.8) is 0 Å². The van der Waals surface area contributed by atoms with E-state index in [0.717, 1.165) is 25.7 Å². The van der Waals surface area contributed by atoms with Crippen molar-refractivity contribution in [2.45, 2.75) is 50.5 Å². The molecule has 5 nitrogen and oxygen atoms in total. The van der Waals surface area contributed by atoms with Gasteiger partial charge in [-0.2, -0.15) is 0 Å². The number of benzene rings is 1. The number of carbonyl (C=O) groups excluding carboxylic acids is 1. The van der Waals surface area contributed by atoms with E-state index < -0.39 is 10.0 Å². The van der Waals surface area contributed by atoms with Gasteiger partial charge in [0.05, 0.1) is 4.90 Å². The highest BCUT2D eigenvalue weighted by Gasteiger charge is 2.20. The first-order chi connectivity index (χ1) is 10.4. The summed E-state index contributed by atoms with van der Waals surface area (Å²) in [6, 6.07) is 6.41. The van der Waals surface area contributed by atoms with Crippen LogP contribution in [0, 0.1) is 5.92 Å². The zero-order valence-corrected chi connectivity index (χ0v) is 13.9. The molecule has 1 aliphatic carbocycles. The van der Waals surface area contributed by atoms with Crippen LogP contribution in [0.25, 0.3) is 0 Å². The molecule has 1 aromatic carbocycles. The summed E-state index contributed by atoms with van der Waals surface area (Å²) in [5.41, 5.74) is 0.388. The van der Waals surface area contributed by atoms with E-state index in [4.69, 9.17) is 0 Å². The van der Waals surface area contributed by atoms with Crippen LogP contribution in [0.5, 0.6) is 0 Å². The van der Waals surface area contributed by atoms with Crippen LogP contribution in [-0.2, 0) is 10.0 Å². The van der Waals surface area contributed by atoms with Crippen LogP contribution in [0.4, 0.5) is 0 Å². The van der Waals surface area contributed by atoms with Gasteiger partial charge in [-0.25, -0.2) is 13.1 Å². The zero-order chi connectivity index (χ0) is 16.2. The molecule has 0 atom stereocenters. The summed E-state index contributed by atoms with van der Waals surface area (Å²) in [6.07, 6.45) is 4.27. The maximum absolute atomic E-state index is 12.2. The number of hydrogen-bond donors (Lipinski definition) is 2. The van der Waals surface area contributed by atoms with Crippen LogP contribution in [0.2, 0.25) is 0 Å². The fraction of sp³-hybridized carbons (Fsp3) is 0.562. The standard InChI is InChI=1S/C16H24N2O3S/c1-12(2)11-17-22(20,21)15-9-5-6-13(10-15)16(19)18-14-7-3-4-8-14/h5-6,9-10,12,14,17H,3-4,7-8,11H2,1-2H3,(H,18,19). The van der Waals surface area contributed by atoms with E-state index in [0.29, 0.717) is 12.1 Å². The van der Waals surface area contributed by atoms with Crippen LogP contribution in [0.1, 0.15) is 49.9 Å². The van der Waals surface area contributed by atoms with E-state index in [1.165, 1.54) is 12.1 Å². The molecular weight excluding hydrogens is 300 g/mol. The Bertz CT molecular complexity index is 620. The van der Waals surface area contributed by atoms with Gasteiger partial charge in [0, 0.05) is 18.2 Å². The molecule has 122 valence electrons. The van der Waals surface area contributed by atoms with Gasteiger partial charge in [-0.1, -0.05) is 32.8 Å². The minimum atomic E-state index is -3.57. The van der Waals surface area contributed by atoms with Crippen LogP contribution >= 0.6 is 0 Å². The molecule has 1 amide bonds. The fourth-order valence-electron chi connectivity index (χ4n) is 2.50. The molecule has 6 heteroatoms. The number of rotatable bonds is 6. The van der Waals surface area contributed by atoms with Crippen LogP contribution in [0.3, 0.4) is 0 Å². The molecule has 0 aliphatic heterocycles. The number of amides is 1. The van der Waals surface area contributed by atoms with Gasteiger partial charge in [0.25, 0.3) is 5.91 Å². The van der Waals surface area contributed by atoms with E-state index in [1.807, 2.05) is 13.8 Å². The minimum Gasteiger partial charge on any atom is -0.349 e. The predicted molar refractivity (Wildman–Crippen MR) is 86.2 cm³/mol. The summed E-state index contributed by atoms with van der Waals surface area (Å²) in [5.74, 6) is 0.0245. The van der Waals surface area contributed by atoms with Crippen molar-refractivity contribution in [1.29, 1.82) is 0 Å². The monoisotopic (exact) mass is 324 g/mol. The van der Waals surface area contributed by atoms with Gasteiger partial charge in [-0.15, -0.1) is 0 Å². The molecule has 2 N–H and O–H groups in total. The van der Waals surface area contributed by atoms with E-state index in [9.17, 15) is 13.2 Å². The summed E-state index contributed by atoms with van der Waals surface area (Å²) in [7, 11) is -3.57. The molecule has 0 radical (unpaired) electrons. The Kier molecular flexibility index (Phi) is 5.58. The molecule has 22 heavy (non-hydrogen) atoms. The number of hydrogen-bond acceptors (Lipinski definition) is 3. The minimum absolute atomic E-state index is 0.132. The maximum atomic E-state index is 12.2. The van der Waals surface area contributed by atoms with Crippen molar-refractivity contribution < 1.29 is 13.2 Å². The van der Waals surface area contributed by atoms with Crippen molar-refractivity contribution in [2.24, 2.45) is 5.92 Å². The third kappa shape index (κ3) is 4.55. The molecule has 1 aliphatic rings. The Morgan fingerprint density at radius 3 is 2.59 bits per heavy atom. The number of sulfonamides is 1. The molecule has 0 spiro atoms. The first kappa shape index (κ1) is 17.0. The highest BCUT2D eigenvalue weighted by Crippen LogP contribution is 2.18. The molecule has 0 aromatic heterocycles. The van der Waals surface area contributed by atoms with Gasteiger partial charge in [-0.3, -0.25) is 4.79 Å². The lowest BCUT2D eigenvalue weighted by Gasteiger charge is -2.13. The second-order valence-corrected chi connectivity index (χ2v) is 8.00. The van der Waals surface area contributed by atoms with Crippen molar-refractivity contribution >= 4 is 15.9 Å². The van der Waals surface area contributed by atoms with Crippen LogP contribution < -0.4 is 10.0 Å². The molecule has 0 bridgehead atoms. The number of nitrogens with one attached hydrogen (secondary N) is 2. The Morgan fingerprint density at radius 1 is 1.27 bits per heavy atom. The van der Waals surface area contributed by atoms with E-state index in [2.05, 4.69) is 10.0 Å². The third-order valence-corrected chi connectivity index (χ3v) is 5.20. The van der Waals surface area contributed by atoms with E-state index in [1.54, 1.807) is 12.1 Å². The summed E-state index contributed by atoms with van der Waals surface area (Å²) < 4.78 is 27.0. The second kappa shape index (κ2) is 7.24. The normalized spacial score (nSPS) is 16.1. The zero-order valence-electron chi connectivity index (χ0n) is 13.1. The van der Waals surface area contributed by atoms with Gasteiger partial charge in [0.15, 0.2) is 0 Å². The van der Waals surface area contributed by atoms with Crippen LogP contribution in [0.15, 0.2) is 29.2 Å². The second-order valence-electron chi connectivity index (χ2n) is 6.23. The van der Waals surface area contributed by atoms with E-state index in [-0.39, 0.29) is 22.8 Å².